The standard InChI is InChI=1S/C13H18N2O5S/c1-20-11-4-3-10(13(16)17)9-12(11)21(18,19)15-7-2-5-14-6-8-15/h3-4,9,14H,2,5-8H2,1H3,(H,16,17). The van der Waals surface area contributed by atoms with Gasteiger partial charge in [-0.15, -0.1) is 0 Å². The molecule has 1 heterocycles. The molecule has 7 nitrogen and oxygen atoms in total. The molecule has 1 aromatic carbocycles. The molecule has 1 aromatic rings. The Balaban J connectivity index is 2.46. The smallest absolute Gasteiger partial charge is 0.335 e. The van der Waals surface area contributed by atoms with Crippen molar-refractivity contribution in [2.45, 2.75) is 11.3 Å². The Morgan fingerprint density at radius 3 is 2.76 bits per heavy atom. The molecule has 0 spiro atoms. The highest BCUT2D eigenvalue weighted by Gasteiger charge is 2.29. The van der Waals surface area contributed by atoms with Gasteiger partial charge in [0.1, 0.15) is 10.6 Å². The van der Waals surface area contributed by atoms with E-state index in [0.29, 0.717) is 26.1 Å². The maximum absolute atomic E-state index is 12.7. The number of aromatic carboxylic acids is 1. The molecule has 0 amide bonds. The zero-order valence-corrected chi connectivity index (χ0v) is 12.5. The summed E-state index contributed by atoms with van der Waals surface area (Å²) in [6, 6.07) is 3.84. The van der Waals surface area contributed by atoms with Crippen molar-refractivity contribution in [2.24, 2.45) is 0 Å². The first-order chi connectivity index (χ1) is 9.96. The van der Waals surface area contributed by atoms with E-state index in [0.717, 1.165) is 12.6 Å². The Morgan fingerprint density at radius 1 is 1.33 bits per heavy atom. The Hall–Kier alpha value is -1.64. The van der Waals surface area contributed by atoms with Crippen LogP contribution in [-0.4, -0.2) is 57.1 Å². The number of benzene rings is 1. The Bertz CT molecular complexity index is 621. The average molecular weight is 314 g/mol. The van der Waals surface area contributed by atoms with Crippen LogP contribution in [0.1, 0.15) is 16.8 Å². The third kappa shape index (κ3) is 3.34. The predicted molar refractivity (Wildman–Crippen MR) is 76.2 cm³/mol. The number of sulfonamides is 1. The van der Waals surface area contributed by atoms with E-state index >= 15 is 0 Å². The lowest BCUT2D eigenvalue weighted by molar-refractivity contribution is 0.0696. The third-order valence-electron chi connectivity index (χ3n) is 3.33. The molecule has 0 aliphatic carbocycles. The van der Waals surface area contributed by atoms with Crippen molar-refractivity contribution in [1.82, 2.24) is 9.62 Å². The largest absolute Gasteiger partial charge is 0.495 e. The first kappa shape index (κ1) is 15.7. The summed E-state index contributed by atoms with van der Waals surface area (Å²) in [4.78, 5) is 10.9. The molecule has 0 aromatic heterocycles. The van der Waals surface area contributed by atoms with Gasteiger partial charge in [-0.2, -0.15) is 4.31 Å². The molecule has 2 rings (SSSR count). The van der Waals surface area contributed by atoms with E-state index in [9.17, 15) is 13.2 Å². The summed E-state index contributed by atoms with van der Waals surface area (Å²) in [5, 5.41) is 12.2. The number of rotatable bonds is 4. The molecular formula is C13H18N2O5S. The molecule has 1 fully saturated rings. The van der Waals surface area contributed by atoms with Gasteiger partial charge in [-0.25, -0.2) is 13.2 Å². The number of hydrogen-bond donors (Lipinski definition) is 2. The maximum Gasteiger partial charge on any atom is 0.335 e. The summed E-state index contributed by atoms with van der Waals surface area (Å²) in [5.74, 6) is -1.02. The summed E-state index contributed by atoms with van der Waals surface area (Å²) in [6.45, 7) is 2.08. The van der Waals surface area contributed by atoms with E-state index in [1.807, 2.05) is 0 Å². The highest BCUT2D eigenvalue weighted by molar-refractivity contribution is 7.89. The highest BCUT2D eigenvalue weighted by Crippen LogP contribution is 2.28. The van der Waals surface area contributed by atoms with Crippen LogP contribution in [0.5, 0.6) is 5.75 Å². The zero-order valence-electron chi connectivity index (χ0n) is 11.7. The first-order valence-electron chi connectivity index (χ1n) is 6.59. The molecule has 116 valence electrons. The lowest BCUT2D eigenvalue weighted by Gasteiger charge is -2.21. The summed E-state index contributed by atoms with van der Waals surface area (Å²) >= 11 is 0. The molecule has 1 saturated heterocycles. The number of carbonyl (C=O) groups is 1. The van der Waals surface area contributed by atoms with Crippen LogP contribution < -0.4 is 10.1 Å². The second-order valence-electron chi connectivity index (χ2n) is 4.68. The second-order valence-corrected chi connectivity index (χ2v) is 6.58. The quantitative estimate of drug-likeness (QED) is 0.834. The SMILES string of the molecule is COc1ccc(C(=O)O)cc1S(=O)(=O)N1CCCNCC1. The van der Waals surface area contributed by atoms with E-state index in [2.05, 4.69) is 5.32 Å². The molecule has 0 bridgehead atoms. The first-order valence-corrected chi connectivity index (χ1v) is 8.03. The van der Waals surface area contributed by atoms with Crippen molar-refractivity contribution in [2.75, 3.05) is 33.3 Å². The zero-order chi connectivity index (χ0) is 15.5. The van der Waals surface area contributed by atoms with Gasteiger partial charge in [0.05, 0.1) is 12.7 Å². The molecule has 0 saturated carbocycles. The Labute approximate surface area is 123 Å². The fraction of sp³-hybridized carbons (Fsp3) is 0.462. The number of hydrogen-bond acceptors (Lipinski definition) is 5. The summed E-state index contributed by atoms with van der Waals surface area (Å²) in [6.07, 6.45) is 0.708. The van der Waals surface area contributed by atoms with Gasteiger partial charge in [0.2, 0.25) is 10.0 Å². The van der Waals surface area contributed by atoms with E-state index in [-0.39, 0.29) is 16.2 Å². The lowest BCUT2D eigenvalue weighted by Crippen LogP contribution is -2.34. The van der Waals surface area contributed by atoms with Crippen LogP contribution in [0, 0.1) is 0 Å². The maximum atomic E-state index is 12.7. The van der Waals surface area contributed by atoms with Gasteiger partial charge >= 0.3 is 5.97 Å². The van der Waals surface area contributed by atoms with E-state index in [4.69, 9.17) is 9.84 Å². The van der Waals surface area contributed by atoms with Gasteiger partial charge in [-0.1, -0.05) is 0 Å². The number of carboxylic acids is 1. The molecule has 8 heteroatoms. The fourth-order valence-electron chi connectivity index (χ4n) is 2.21. The number of carboxylic acid groups (broad SMARTS) is 1. The van der Waals surface area contributed by atoms with E-state index in [1.165, 1.54) is 23.5 Å². The molecule has 21 heavy (non-hydrogen) atoms. The van der Waals surface area contributed by atoms with Gasteiger partial charge in [0.15, 0.2) is 0 Å². The van der Waals surface area contributed by atoms with Crippen LogP contribution >= 0.6 is 0 Å². The van der Waals surface area contributed by atoms with Crippen LogP contribution in [0.3, 0.4) is 0 Å². The van der Waals surface area contributed by atoms with Crippen molar-refractivity contribution in [3.8, 4) is 5.75 Å². The molecular weight excluding hydrogens is 296 g/mol. The van der Waals surface area contributed by atoms with Crippen molar-refractivity contribution < 1.29 is 23.1 Å². The summed E-state index contributed by atoms with van der Waals surface area (Å²) in [7, 11) is -2.42. The lowest BCUT2D eigenvalue weighted by atomic mass is 10.2. The number of nitrogens with one attached hydrogen (secondary N) is 1. The van der Waals surface area contributed by atoms with E-state index < -0.39 is 16.0 Å². The molecule has 0 unspecified atom stereocenters. The Kier molecular flexibility index (Phi) is 4.81. The van der Waals surface area contributed by atoms with Gasteiger partial charge in [-0.05, 0) is 31.2 Å². The third-order valence-corrected chi connectivity index (χ3v) is 5.25. The summed E-state index contributed by atoms with van der Waals surface area (Å²) < 4.78 is 31.9. The van der Waals surface area contributed by atoms with Crippen LogP contribution in [0.25, 0.3) is 0 Å². The number of methoxy groups -OCH3 is 1. The average Bonchev–Trinajstić information content (AvgIpc) is 2.76. The topological polar surface area (TPSA) is 95.9 Å². The van der Waals surface area contributed by atoms with E-state index in [1.54, 1.807) is 0 Å². The minimum absolute atomic E-state index is 0.0812. The van der Waals surface area contributed by atoms with Crippen molar-refractivity contribution >= 4 is 16.0 Å². The van der Waals surface area contributed by atoms with Crippen LogP contribution in [0.4, 0.5) is 0 Å². The fourth-order valence-corrected chi connectivity index (χ4v) is 3.87. The number of nitrogens with zero attached hydrogens (tertiary/aromatic N) is 1. The van der Waals surface area contributed by atoms with Crippen LogP contribution in [0.2, 0.25) is 0 Å². The van der Waals surface area contributed by atoms with Gasteiger partial charge in [0, 0.05) is 19.6 Å². The molecule has 1 aliphatic heterocycles. The number of ether oxygens (including phenoxy) is 1. The minimum atomic E-state index is -3.78. The summed E-state index contributed by atoms with van der Waals surface area (Å²) in [5.41, 5.74) is -0.0812. The van der Waals surface area contributed by atoms with Gasteiger partial charge < -0.3 is 15.2 Å². The van der Waals surface area contributed by atoms with Crippen LogP contribution in [-0.2, 0) is 10.0 Å². The molecule has 2 N–H and O–H groups in total. The van der Waals surface area contributed by atoms with Crippen molar-refractivity contribution in [3.63, 3.8) is 0 Å². The van der Waals surface area contributed by atoms with Gasteiger partial charge in [-0.3, -0.25) is 0 Å². The Morgan fingerprint density at radius 2 is 2.10 bits per heavy atom. The highest BCUT2D eigenvalue weighted by atomic mass is 32.2. The normalized spacial score (nSPS) is 17.2. The minimum Gasteiger partial charge on any atom is -0.495 e. The van der Waals surface area contributed by atoms with Gasteiger partial charge in [0.25, 0.3) is 0 Å². The van der Waals surface area contributed by atoms with Crippen molar-refractivity contribution in [1.29, 1.82) is 0 Å². The second kappa shape index (κ2) is 6.42. The molecule has 0 radical (unpaired) electrons. The van der Waals surface area contributed by atoms with Crippen LogP contribution in [0.15, 0.2) is 23.1 Å². The predicted octanol–water partition coefficient (Wildman–Crippen LogP) is 0.377. The monoisotopic (exact) mass is 314 g/mol. The molecule has 0 atom stereocenters. The van der Waals surface area contributed by atoms with Crippen molar-refractivity contribution in [3.05, 3.63) is 23.8 Å². The molecule has 1 aliphatic rings.